The number of hydrazine groups is 1. The Bertz CT molecular complexity index is 1340. The maximum Gasteiger partial charge on any atom is 0.256 e. The van der Waals surface area contributed by atoms with Crippen molar-refractivity contribution in [3.05, 3.63) is 46.8 Å². The molecule has 0 bridgehead atoms. The molecule has 0 radical (unpaired) electrons. The van der Waals surface area contributed by atoms with E-state index >= 15 is 0 Å². The number of hydrogen-bond donors (Lipinski definition) is 3. The molecule has 148 valence electrons. The van der Waals surface area contributed by atoms with E-state index in [4.69, 9.17) is 15.3 Å². The molecule has 5 rings (SSSR count). The van der Waals surface area contributed by atoms with Crippen LogP contribution < -0.4 is 26.3 Å². The smallest absolute Gasteiger partial charge is 0.256 e. The summed E-state index contributed by atoms with van der Waals surface area (Å²) >= 11 is 0. The molecule has 2 aromatic heterocycles. The largest absolute Gasteiger partial charge is 0.454 e. The summed E-state index contributed by atoms with van der Waals surface area (Å²) in [6.07, 6.45) is 1.37. The van der Waals surface area contributed by atoms with E-state index in [-0.39, 0.29) is 18.3 Å². The van der Waals surface area contributed by atoms with Crippen molar-refractivity contribution >= 4 is 38.6 Å². The predicted molar refractivity (Wildman–Crippen MR) is 110 cm³/mol. The van der Waals surface area contributed by atoms with Crippen LogP contribution >= 0.6 is 0 Å². The Morgan fingerprint density at radius 2 is 1.93 bits per heavy atom. The molecule has 0 spiro atoms. The summed E-state index contributed by atoms with van der Waals surface area (Å²) in [5.41, 5.74) is 4.33. The number of nitrogens with two attached hydrogens (primary N) is 1. The first kappa shape index (κ1) is 17.6. The molecule has 1 unspecified atom stereocenters. The van der Waals surface area contributed by atoms with E-state index in [1.807, 2.05) is 41.8 Å². The summed E-state index contributed by atoms with van der Waals surface area (Å²) in [6, 6.07) is 10.5. The van der Waals surface area contributed by atoms with Gasteiger partial charge in [0.15, 0.2) is 11.5 Å². The zero-order valence-electron chi connectivity index (χ0n) is 15.8. The molecule has 1 aliphatic rings. The average molecular weight is 392 g/mol. The van der Waals surface area contributed by atoms with Gasteiger partial charge in [0.25, 0.3) is 11.5 Å². The number of benzene rings is 2. The molecule has 2 aromatic carbocycles. The number of aromatic amines is 1. The molecule has 3 heterocycles. The summed E-state index contributed by atoms with van der Waals surface area (Å²) in [5, 5.41) is 2.13. The molecule has 0 aliphatic carbocycles. The standard InChI is InChI=1S/C21H20N4O4/c1-2-5-14(21(27)24-22)25-15-9-17-16(28-10-29-17)8-13(15)18-19(25)11-6-3-4-7-12(11)20(26)23-18/h3-4,6-9,14H,2,5,10,22H2,1H3,(H,23,26)(H,24,27). The SMILES string of the molecule is CCCC(C(=O)NN)n1c2cc3c(cc2c2[nH]c(=O)c4ccccc4c21)OCO3. The lowest BCUT2D eigenvalue weighted by molar-refractivity contribution is -0.124. The Morgan fingerprint density at radius 1 is 1.21 bits per heavy atom. The Morgan fingerprint density at radius 3 is 2.66 bits per heavy atom. The van der Waals surface area contributed by atoms with Crippen molar-refractivity contribution in [3.63, 3.8) is 0 Å². The molecule has 4 N–H and O–H groups in total. The molecule has 0 fully saturated rings. The van der Waals surface area contributed by atoms with Crippen LogP contribution in [0.3, 0.4) is 0 Å². The molecule has 0 saturated carbocycles. The highest BCUT2D eigenvalue weighted by atomic mass is 16.7. The van der Waals surface area contributed by atoms with Gasteiger partial charge in [-0.05, 0) is 18.6 Å². The molecule has 4 aromatic rings. The summed E-state index contributed by atoms with van der Waals surface area (Å²) < 4.78 is 13.1. The molecule has 1 atom stereocenters. The minimum atomic E-state index is -0.542. The highest BCUT2D eigenvalue weighted by Crippen LogP contribution is 2.42. The van der Waals surface area contributed by atoms with Crippen LogP contribution in [0.15, 0.2) is 41.2 Å². The van der Waals surface area contributed by atoms with E-state index in [9.17, 15) is 9.59 Å². The first-order valence-electron chi connectivity index (χ1n) is 9.52. The molecule has 1 aliphatic heterocycles. The first-order chi connectivity index (χ1) is 14.1. The van der Waals surface area contributed by atoms with Gasteiger partial charge in [-0.1, -0.05) is 31.5 Å². The van der Waals surface area contributed by atoms with Gasteiger partial charge in [0, 0.05) is 22.2 Å². The van der Waals surface area contributed by atoms with Crippen LogP contribution in [0.5, 0.6) is 11.5 Å². The second-order valence-electron chi connectivity index (χ2n) is 7.13. The van der Waals surface area contributed by atoms with Crippen molar-refractivity contribution in [1.29, 1.82) is 0 Å². The van der Waals surface area contributed by atoms with Crippen LogP contribution in [0.4, 0.5) is 0 Å². The van der Waals surface area contributed by atoms with Gasteiger partial charge in [0.2, 0.25) is 6.79 Å². The van der Waals surface area contributed by atoms with E-state index in [0.717, 1.165) is 28.2 Å². The number of amides is 1. The van der Waals surface area contributed by atoms with Gasteiger partial charge in [-0.15, -0.1) is 0 Å². The number of pyridine rings is 1. The fourth-order valence-corrected chi connectivity index (χ4v) is 4.23. The Labute approximate surface area is 165 Å². The maximum absolute atomic E-state index is 12.7. The van der Waals surface area contributed by atoms with E-state index < -0.39 is 6.04 Å². The second-order valence-corrected chi connectivity index (χ2v) is 7.13. The highest BCUT2D eigenvalue weighted by Gasteiger charge is 2.27. The maximum atomic E-state index is 12.7. The lowest BCUT2D eigenvalue weighted by Gasteiger charge is -2.20. The van der Waals surface area contributed by atoms with Crippen LogP contribution in [-0.2, 0) is 4.79 Å². The lowest BCUT2D eigenvalue weighted by atomic mass is 10.1. The van der Waals surface area contributed by atoms with Crippen molar-refractivity contribution in [2.75, 3.05) is 6.79 Å². The number of nitrogens with one attached hydrogen (secondary N) is 2. The van der Waals surface area contributed by atoms with Crippen LogP contribution in [0.2, 0.25) is 0 Å². The van der Waals surface area contributed by atoms with Crippen LogP contribution in [0.1, 0.15) is 25.8 Å². The normalized spacial score (nSPS) is 14.0. The van der Waals surface area contributed by atoms with E-state index in [0.29, 0.717) is 28.8 Å². The van der Waals surface area contributed by atoms with Crippen LogP contribution in [0.25, 0.3) is 32.7 Å². The van der Waals surface area contributed by atoms with Gasteiger partial charge in [0.05, 0.1) is 16.6 Å². The molecule has 8 heteroatoms. The number of fused-ring (bicyclic) bond motifs is 6. The van der Waals surface area contributed by atoms with Crippen LogP contribution in [-0.4, -0.2) is 22.3 Å². The van der Waals surface area contributed by atoms with Crippen molar-refractivity contribution in [3.8, 4) is 11.5 Å². The number of ether oxygens (including phenoxy) is 2. The lowest BCUT2D eigenvalue weighted by Crippen LogP contribution is -2.37. The third-order valence-corrected chi connectivity index (χ3v) is 5.48. The van der Waals surface area contributed by atoms with Crippen molar-refractivity contribution in [1.82, 2.24) is 15.0 Å². The highest BCUT2D eigenvalue weighted by molar-refractivity contribution is 6.16. The van der Waals surface area contributed by atoms with Crippen molar-refractivity contribution in [2.24, 2.45) is 5.84 Å². The summed E-state index contributed by atoms with van der Waals surface area (Å²) in [4.78, 5) is 28.5. The third kappa shape index (κ3) is 2.49. The summed E-state index contributed by atoms with van der Waals surface area (Å²) in [7, 11) is 0. The minimum Gasteiger partial charge on any atom is -0.454 e. The summed E-state index contributed by atoms with van der Waals surface area (Å²) in [5.74, 6) is 6.44. The quantitative estimate of drug-likeness (QED) is 0.281. The average Bonchev–Trinajstić information content (AvgIpc) is 3.32. The Hall–Kier alpha value is -3.52. The monoisotopic (exact) mass is 392 g/mol. The van der Waals surface area contributed by atoms with Crippen LogP contribution in [0, 0.1) is 0 Å². The fraction of sp³-hybridized carbons (Fsp3) is 0.238. The van der Waals surface area contributed by atoms with Gasteiger partial charge < -0.3 is 19.0 Å². The Balaban J connectivity index is 2.00. The molecule has 1 amide bonds. The number of nitrogens with zero attached hydrogens (tertiary/aromatic N) is 1. The number of hydrogen-bond acceptors (Lipinski definition) is 5. The number of H-pyrrole nitrogens is 1. The van der Waals surface area contributed by atoms with Gasteiger partial charge in [-0.25, -0.2) is 5.84 Å². The molecule has 0 saturated heterocycles. The van der Waals surface area contributed by atoms with E-state index in [1.165, 1.54) is 0 Å². The van der Waals surface area contributed by atoms with E-state index in [2.05, 4.69) is 10.4 Å². The molecular formula is C21H20N4O4. The molecular weight excluding hydrogens is 372 g/mol. The second kappa shape index (κ2) is 6.52. The topological polar surface area (TPSA) is 111 Å². The molecule has 8 nitrogen and oxygen atoms in total. The Kier molecular flexibility index (Phi) is 3.95. The van der Waals surface area contributed by atoms with Gasteiger partial charge >= 0.3 is 0 Å². The number of carbonyl (C=O) groups is 1. The number of aromatic nitrogens is 2. The number of carbonyl (C=O) groups excluding carboxylic acids is 1. The first-order valence-corrected chi connectivity index (χ1v) is 9.52. The molecule has 29 heavy (non-hydrogen) atoms. The van der Waals surface area contributed by atoms with Gasteiger partial charge in [-0.2, -0.15) is 0 Å². The third-order valence-electron chi connectivity index (χ3n) is 5.48. The number of rotatable bonds is 4. The van der Waals surface area contributed by atoms with Gasteiger partial charge in [-0.3, -0.25) is 15.0 Å². The minimum absolute atomic E-state index is 0.140. The fourth-order valence-electron chi connectivity index (χ4n) is 4.23. The summed E-state index contributed by atoms with van der Waals surface area (Å²) in [6.45, 7) is 2.15. The zero-order valence-corrected chi connectivity index (χ0v) is 15.8. The van der Waals surface area contributed by atoms with Crippen molar-refractivity contribution in [2.45, 2.75) is 25.8 Å². The predicted octanol–water partition coefficient (Wildman–Crippen LogP) is 2.70. The van der Waals surface area contributed by atoms with Gasteiger partial charge in [0.1, 0.15) is 6.04 Å². The van der Waals surface area contributed by atoms with Crippen molar-refractivity contribution < 1.29 is 14.3 Å². The zero-order chi connectivity index (χ0) is 20.1. The van der Waals surface area contributed by atoms with E-state index in [1.54, 1.807) is 6.07 Å².